The van der Waals surface area contributed by atoms with Gasteiger partial charge >= 0.3 is 5.69 Å². The standard InChI is InChI=1S/C12H8N6O2S/c13-12-14-5-9(18(19)20)11(17-12)21-10-7-3-1-2-4-8(7)15-6-16-10/h1-6H,(H2,13,14,17). The Balaban J connectivity index is 2.11. The molecule has 9 heteroatoms. The Labute approximate surface area is 122 Å². The van der Waals surface area contributed by atoms with Crippen molar-refractivity contribution < 1.29 is 4.92 Å². The number of anilines is 1. The van der Waals surface area contributed by atoms with Gasteiger partial charge in [-0.05, 0) is 17.8 Å². The summed E-state index contributed by atoms with van der Waals surface area (Å²) in [5.41, 5.74) is 6.04. The molecule has 0 saturated heterocycles. The number of fused-ring (bicyclic) bond motifs is 1. The number of rotatable bonds is 3. The fourth-order valence-electron chi connectivity index (χ4n) is 1.73. The van der Waals surface area contributed by atoms with E-state index in [9.17, 15) is 10.1 Å². The number of benzene rings is 1. The minimum Gasteiger partial charge on any atom is -0.368 e. The zero-order valence-corrected chi connectivity index (χ0v) is 11.3. The number of nitrogen functional groups attached to an aromatic ring is 1. The first-order valence-corrected chi connectivity index (χ1v) is 6.61. The molecule has 2 N–H and O–H groups in total. The number of para-hydroxylation sites is 1. The molecule has 2 aromatic heterocycles. The van der Waals surface area contributed by atoms with Crippen LogP contribution in [0, 0.1) is 10.1 Å². The summed E-state index contributed by atoms with van der Waals surface area (Å²) in [6.07, 6.45) is 2.50. The van der Waals surface area contributed by atoms with Gasteiger partial charge in [0.15, 0.2) is 5.03 Å². The first-order valence-electron chi connectivity index (χ1n) is 5.79. The highest BCUT2D eigenvalue weighted by atomic mass is 32.2. The Morgan fingerprint density at radius 2 is 1.95 bits per heavy atom. The van der Waals surface area contributed by atoms with E-state index in [1.54, 1.807) is 0 Å². The van der Waals surface area contributed by atoms with Gasteiger partial charge in [-0.3, -0.25) is 10.1 Å². The minimum absolute atomic E-state index is 0.0264. The Hall–Kier alpha value is -2.81. The SMILES string of the molecule is Nc1ncc([N+](=O)[O-])c(Sc2ncnc3ccccc23)n1. The molecule has 3 aromatic rings. The van der Waals surface area contributed by atoms with Crippen LogP contribution in [0.3, 0.4) is 0 Å². The normalized spacial score (nSPS) is 10.7. The van der Waals surface area contributed by atoms with Crippen LogP contribution in [0.4, 0.5) is 11.6 Å². The fourth-order valence-corrected chi connectivity index (χ4v) is 2.66. The van der Waals surface area contributed by atoms with Crippen LogP contribution < -0.4 is 5.73 Å². The van der Waals surface area contributed by atoms with Gasteiger partial charge in [-0.1, -0.05) is 18.2 Å². The van der Waals surface area contributed by atoms with Crippen molar-refractivity contribution in [3.05, 3.63) is 46.9 Å². The van der Waals surface area contributed by atoms with Gasteiger partial charge in [0.05, 0.1) is 10.4 Å². The zero-order chi connectivity index (χ0) is 14.8. The van der Waals surface area contributed by atoms with E-state index in [1.165, 1.54) is 6.33 Å². The topological polar surface area (TPSA) is 121 Å². The minimum atomic E-state index is -0.550. The molecule has 0 radical (unpaired) electrons. The number of nitrogens with zero attached hydrogens (tertiary/aromatic N) is 5. The lowest BCUT2D eigenvalue weighted by Crippen LogP contribution is -2.00. The van der Waals surface area contributed by atoms with Crippen molar-refractivity contribution in [3.63, 3.8) is 0 Å². The van der Waals surface area contributed by atoms with Gasteiger partial charge in [0.2, 0.25) is 5.95 Å². The average molecular weight is 300 g/mol. The average Bonchev–Trinajstić information content (AvgIpc) is 2.47. The highest BCUT2D eigenvalue weighted by Gasteiger charge is 2.19. The van der Waals surface area contributed by atoms with E-state index in [1.807, 2.05) is 24.3 Å². The summed E-state index contributed by atoms with van der Waals surface area (Å²) in [5.74, 6) is -0.0264. The molecule has 0 aliphatic carbocycles. The van der Waals surface area contributed by atoms with Gasteiger partial charge in [-0.15, -0.1) is 0 Å². The fraction of sp³-hybridized carbons (Fsp3) is 0. The summed E-state index contributed by atoms with van der Waals surface area (Å²) in [6.45, 7) is 0. The molecular formula is C12H8N6O2S. The van der Waals surface area contributed by atoms with Gasteiger partial charge in [0.25, 0.3) is 0 Å². The van der Waals surface area contributed by atoms with E-state index in [4.69, 9.17) is 5.73 Å². The Morgan fingerprint density at radius 1 is 1.14 bits per heavy atom. The van der Waals surface area contributed by atoms with Crippen molar-refractivity contribution in [2.24, 2.45) is 0 Å². The molecule has 0 aliphatic rings. The quantitative estimate of drug-likeness (QED) is 0.443. The predicted octanol–water partition coefficient (Wildman–Crippen LogP) is 2.06. The summed E-state index contributed by atoms with van der Waals surface area (Å²) in [4.78, 5) is 26.3. The van der Waals surface area contributed by atoms with Crippen molar-refractivity contribution in [2.75, 3.05) is 5.73 Å². The maximum atomic E-state index is 11.0. The van der Waals surface area contributed by atoms with Crippen molar-refractivity contribution in [2.45, 2.75) is 10.1 Å². The van der Waals surface area contributed by atoms with Crippen LogP contribution in [-0.4, -0.2) is 24.9 Å². The maximum absolute atomic E-state index is 11.0. The second-order valence-electron chi connectivity index (χ2n) is 3.97. The summed E-state index contributed by atoms with van der Waals surface area (Å²) < 4.78 is 0. The van der Waals surface area contributed by atoms with E-state index in [-0.39, 0.29) is 16.7 Å². The lowest BCUT2D eigenvalue weighted by Gasteiger charge is -2.04. The highest BCUT2D eigenvalue weighted by Crippen LogP contribution is 2.34. The van der Waals surface area contributed by atoms with Gasteiger partial charge in [0, 0.05) is 5.39 Å². The van der Waals surface area contributed by atoms with E-state index >= 15 is 0 Å². The highest BCUT2D eigenvalue weighted by molar-refractivity contribution is 7.99. The molecule has 0 bridgehead atoms. The summed E-state index contributed by atoms with van der Waals surface area (Å²) in [7, 11) is 0. The van der Waals surface area contributed by atoms with Crippen molar-refractivity contribution in [1.29, 1.82) is 0 Å². The molecule has 3 rings (SSSR count). The van der Waals surface area contributed by atoms with Crippen LogP contribution in [0.5, 0.6) is 0 Å². The smallest absolute Gasteiger partial charge is 0.320 e. The van der Waals surface area contributed by atoms with E-state index < -0.39 is 4.92 Å². The first kappa shape index (κ1) is 13.2. The van der Waals surface area contributed by atoms with Crippen molar-refractivity contribution in [3.8, 4) is 0 Å². The summed E-state index contributed by atoms with van der Waals surface area (Å²) >= 11 is 1.06. The molecule has 0 atom stereocenters. The molecule has 0 fully saturated rings. The third-order valence-corrected chi connectivity index (χ3v) is 3.66. The Bertz CT molecular complexity index is 836. The number of nitrogens with two attached hydrogens (primary N) is 1. The Morgan fingerprint density at radius 3 is 2.76 bits per heavy atom. The molecule has 0 amide bonds. The molecule has 8 nitrogen and oxygen atoms in total. The van der Waals surface area contributed by atoms with Crippen LogP contribution in [0.1, 0.15) is 0 Å². The number of hydrogen-bond donors (Lipinski definition) is 1. The monoisotopic (exact) mass is 300 g/mol. The molecule has 2 heterocycles. The van der Waals surface area contributed by atoms with Crippen LogP contribution in [0.25, 0.3) is 10.9 Å². The van der Waals surface area contributed by atoms with Crippen molar-refractivity contribution in [1.82, 2.24) is 19.9 Å². The molecule has 0 aliphatic heterocycles. The molecular weight excluding hydrogens is 292 g/mol. The predicted molar refractivity (Wildman–Crippen MR) is 76.8 cm³/mol. The van der Waals surface area contributed by atoms with Gasteiger partial charge in [0.1, 0.15) is 17.6 Å². The third-order valence-electron chi connectivity index (χ3n) is 2.65. The molecule has 1 aromatic carbocycles. The molecule has 104 valence electrons. The van der Waals surface area contributed by atoms with Gasteiger partial charge in [-0.2, -0.15) is 4.98 Å². The van der Waals surface area contributed by atoms with Crippen molar-refractivity contribution >= 4 is 34.3 Å². The third kappa shape index (κ3) is 2.58. The van der Waals surface area contributed by atoms with Crippen LogP contribution in [-0.2, 0) is 0 Å². The lowest BCUT2D eigenvalue weighted by atomic mass is 10.2. The van der Waals surface area contributed by atoms with Gasteiger partial charge in [-0.25, -0.2) is 15.0 Å². The second-order valence-corrected chi connectivity index (χ2v) is 4.95. The molecule has 21 heavy (non-hydrogen) atoms. The van der Waals surface area contributed by atoms with Crippen LogP contribution in [0.2, 0.25) is 0 Å². The van der Waals surface area contributed by atoms with E-state index in [0.717, 1.165) is 28.9 Å². The van der Waals surface area contributed by atoms with E-state index in [2.05, 4.69) is 19.9 Å². The maximum Gasteiger partial charge on any atom is 0.320 e. The van der Waals surface area contributed by atoms with E-state index in [0.29, 0.717) is 5.03 Å². The van der Waals surface area contributed by atoms with Crippen LogP contribution >= 0.6 is 11.8 Å². The second kappa shape index (κ2) is 5.29. The largest absolute Gasteiger partial charge is 0.368 e. The number of hydrogen-bond acceptors (Lipinski definition) is 8. The Kier molecular flexibility index (Phi) is 3.32. The number of nitro groups is 1. The number of aromatic nitrogens is 4. The molecule has 0 saturated carbocycles. The first-order chi connectivity index (χ1) is 10.1. The lowest BCUT2D eigenvalue weighted by molar-refractivity contribution is -0.388. The molecule has 0 unspecified atom stereocenters. The van der Waals surface area contributed by atoms with Crippen LogP contribution in [0.15, 0.2) is 46.8 Å². The summed E-state index contributed by atoms with van der Waals surface area (Å²) in [6, 6.07) is 7.38. The summed E-state index contributed by atoms with van der Waals surface area (Å²) in [5, 5.41) is 12.5. The van der Waals surface area contributed by atoms with Gasteiger partial charge < -0.3 is 5.73 Å². The molecule has 0 spiro atoms. The zero-order valence-electron chi connectivity index (χ0n) is 10.5.